The highest BCUT2D eigenvalue weighted by Gasteiger charge is 2.39. The number of nitrogens with zero attached hydrogens (tertiary/aromatic N) is 3. The van der Waals surface area contributed by atoms with Crippen molar-refractivity contribution in [3.05, 3.63) is 41.6 Å². The molecule has 1 unspecified atom stereocenters. The summed E-state index contributed by atoms with van der Waals surface area (Å²) in [6, 6.07) is 7.36. The maximum absolute atomic E-state index is 12.9. The monoisotopic (exact) mass is 385 g/mol. The molecule has 9 heteroatoms. The number of hydrogen-bond donors (Lipinski definition) is 0. The summed E-state index contributed by atoms with van der Waals surface area (Å²) in [5, 5.41) is 6.62. The second-order valence-corrected chi connectivity index (χ2v) is 7.27. The van der Waals surface area contributed by atoms with Gasteiger partial charge in [0.2, 0.25) is 5.89 Å². The Bertz CT molecular complexity index is 779. The molecule has 5 nitrogen and oxygen atoms in total. The smallest absolute Gasteiger partial charge is 0.417 e. The second kappa shape index (κ2) is 7.69. The van der Waals surface area contributed by atoms with Gasteiger partial charge in [0.25, 0.3) is 5.91 Å². The van der Waals surface area contributed by atoms with E-state index >= 15 is 0 Å². The van der Waals surface area contributed by atoms with Gasteiger partial charge in [-0.1, -0.05) is 19.1 Å². The number of aromatic nitrogens is 2. The summed E-state index contributed by atoms with van der Waals surface area (Å²) >= 11 is 1.58. The quantitative estimate of drug-likeness (QED) is 0.738. The van der Waals surface area contributed by atoms with Crippen LogP contribution < -0.4 is 0 Å². The fourth-order valence-corrected chi connectivity index (χ4v) is 3.77. The van der Waals surface area contributed by atoms with E-state index < -0.39 is 12.1 Å². The van der Waals surface area contributed by atoms with Gasteiger partial charge in [-0.05, 0) is 30.7 Å². The standard InChI is InChI=1S/C17H18F3N3O2S/c1-2-26-13-8-4-3-7-12(13)15(24)23-9-5-6-11(10-23)14-21-22-16(25-14)17(18,19)20/h3-4,7-8,11H,2,5-6,9-10H2,1H3. The lowest BCUT2D eigenvalue weighted by molar-refractivity contribution is -0.157. The van der Waals surface area contributed by atoms with Gasteiger partial charge in [0.15, 0.2) is 0 Å². The molecule has 2 heterocycles. The SMILES string of the molecule is CCSc1ccccc1C(=O)N1CCCC(c2nnc(C(F)(F)F)o2)C1. The summed E-state index contributed by atoms with van der Waals surface area (Å²) in [6.07, 6.45) is -3.39. The zero-order valence-corrected chi connectivity index (χ0v) is 14.9. The van der Waals surface area contributed by atoms with E-state index in [4.69, 9.17) is 4.42 Å². The molecule has 26 heavy (non-hydrogen) atoms. The fraction of sp³-hybridized carbons (Fsp3) is 0.471. The highest BCUT2D eigenvalue weighted by atomic mass is 32.2. The number of benzene rings is 1. The van der Waals surface area contributed by atoms with Gasteiger partial charge < -0.3 is 9.32 Å². The van der Waals surface area contributed by atoms with Crippen LogP contribution in [0.3, 0.4) is 0 Å². The fourth-order valence-electron chi connectivity index (χ4n) is 2.97. The Balaban J connectivity index is 1.76. The lowest BCUT2D eigenvalue weighted by Gasteiger charge is -2.31. The summed E-state index contributed by atoms with van der Waals surface area (Å²) < 4.78 is 42.7. The minimum Gasteiger partial charge on any atom is -0.417 e. The number of thioether (sulfide) groups is 1. The molecular formula is C17H18F3N3O2S. The third-order valence-electron chi connectivity index (χ3n) is 4.16. The van der Waals surface area contributed by atoms with Crippen LogP contribution in [-0.2, 0) is 6.18 Å². The predicted octanol–water partition coefficient (Wildman–Crippen LogP) is 4.22. The lowest BCUT2D eigenvalue weighted by Crippen LogP contribution is -2.39. The molecule has 1 fully saturated rings. The van der Waals surface area contributed by atoms with Crippen molar-refractivity contribution >= 4 is 17.7 Å². The number of carbonyl (C=O) groups is 1. The maximum atomic E-state index is 12.9. The van der Waals surface area contributed by atoms with Gasteiger partial charge in [-0.15, -0.1) is 22.0 Å². The Kier molecular flexibility index (Phi) is 5.55. The van der Waals surface area contributed by atoms with E-state index in [-0.39, 0.29) is 24.3 Å². The van der Waals surface area contributed by atoms with Crippen LogP contribution in [-0.4, -0.2) is 39.8 Å². The van der Waals surface area contributed by atoms with Gasteiger partial charge in [-0.25, -0.2) is 0 Å². The summed E-state index contributed by atoms with van der Waals surface area (Å²) in [5.41, 5.74) is 0.613. The Morgan fingerprint density at radius 2 is 2.12 bits per heavy atom. The molecule has 1 aromatic carbocycles. The Morgan fingerprint density at radius 3 is 2.81 bits per heavy atom. The van der Waals surface area contributed by atoms with Crippen LogP contribution in [0.15, 0.2) is 33.6 Å². The van der Waals surface area contributed by atoms with E-state index in [0.29, 0.717) is 24.9 Å². The molecule has 0 radical (unpaired) electrons. The molecule has 3 rings (SSSR count). The molecule has 0 spiro atoms. The molecular weight excluding hydrogens is 367 g/mol. The first kappa shape index (κ1) is 18.8. The highest BCUT2D eigenvalue weighted by Crippen LogP contribution is 2.33. The van der Waals surface area contributed by atoms with Gasteiger partial charge in [0.1, 0.15) is 0 Å². The first-order valence-corrected chi connectivity index (χ1v) is 9.30. The summed E-state index contributed by atoms with van der Waals surface area (Å²) in [6.45, 7) is 2.83. The Labute approximate surface area is 153 Å². The highest BCUT2D eigenvalue weighted by molar-refractivity contribution is 7.99. The zero-order chi connectivity index (χ0) is 18.7. The van der Waals surface area contributed by atoms with Crippen molar-refractivity contribution in [2.24, 2.45) is 0 Å². The van der Waals surface area contributed by atoms with Crippen molar-refractivity contribution in [1.29, 1.82) is 0 Å². The van der Waals surface area contributed by atoms with Crippen LogP contribution in [0, 0.1) is 0 Å². The predicted molar refractivity (Wildman–Crippen MR) is 90.0 cm³/mol. The summed E-state index contributed by atoms with van der Waals surface area (Å²) in [4.78, 5) is 15.5. The number of carbonyl (C=O) groups excluding carboxylic acids is 1. The van der Waals surface area contributed by atoms with E-state index in [1.807, 2.05) is 25.1 Å². The molecule has 0 N–H and O–H groups in total. The van der Waals surface area contributed by atoms with Crippen LogP contribution in [0.2, 0.25) is 0 Å². The molecule has 1 aliphatic heterocycles. The van der Waals surface area contributed by atoms with Crippen molar-refractivity contribution in [2.45, 2.75) is 36.8 Å². The molecule has 0 saturated carbocycles. The molecule has 1 atom stereocenters. The summed E-state index contributed by atoms with van der Waals surface area (Å²) in [5.74, 6) is -1.08. The van der Waals surface area contributed by atoms with Crippen LogP contribution in [0.4, 0.5) is 13.2 Å². The van der Waals surface area contributed by atoms with Crippen LogP contribution in [0.5, 0.6) is 0 Å². The molecule has 1 aromatic heterocycles. The van der Waals surface area contributed by atoms with Crippen LogP contribution >= 0.6 is 11.8 Å². The van der Waals surface area contributed by atoms with Gasteiger partial charge in [0, 0.05) is 18.0 Å². The topological polar surface area (TPSA) is 59.2 Å². The Morgan fingerprint density at radius 1 is 1.35 bits per heavy atom. The molecule has 140 valence electrons. The first-order valence-electron chi connectivity index (χ1n) is 8.32. The number of piperidine rings is 1. The zero-order valence-electron chi connectivity index (χ0n) is 14.1. The third kappa shape index (κ3) is 4.03. The average Bonchev–Trinajstić information content (AvgIpc) is 3.13. The molecule has 0 bridgehead atoms. The number of likely N-dealkylation sites (tertiary alicyclic amines) is 1. The van der Waals surface area contributed by atoms with Crippen molar-refractivity contribution in [2.75, 3.05) is 18.8 Å². The van der Waals surface area contributed by atoms with E-state index in [2.05, 4.69) is 10.2 Å². The van der Waals surface area contributed by atoms with Crippen molar-refractivity contribution in [1.82, 2.24) is 15.1 Å². The molecule has 0 aliphatic carbocycles. The number of rotatable bonds is 4. The van der Waals surface area contributed by atoms with Crippen LogP contribution in [0.1, 0.15) is 47.8 Å². The third-order valence-corrected chi connectivity index (χ3v) is 5.11. The largest absolute Gasteiger partial charge is 0.470 e. The number of hydrogen-bond acceptors (Lipinski definition) is 5. The van der Waals surface area contributed by atoms with E-state index in [9.17, 15) is 18.0 Å². The van der Waals surface area contributed by atoms with Crippen molar-refractivity contribution < 1.29 is 22.4 Å². The van der Waals surface area contributed by atoms with E-state index in [0.717, 1.165) is 10.6 Å². The molecule has 2 aromatic rings. The first-order chi connectivity index (χ1) is 12.4. The molecule has 1 aliphatic rings. The van der Waals surface area contributed by atoms with Crippen molar-refractivity contribution in [3.8, 4) is 0 Å². The Hall–Kier alpha value is -2.03. The van der Waals surface area contributed by atoms with Gasteiger partial charge in [-0.2, -0.15) is 13.2 Å². The van der Waals surface area contributed by atoms with Gasteiger partial charge in [0.05, 0.1) is 11.5 Å². The van der Waals surface area contributed by atoms with Gasteiger partial charge in [-0.3, -0.25) is 4.79 Å². The molecule has 1 amide bonds. The molecule has 1 saturated heterocycles. The second-order valence-electron chi connectivity index (χ2n) is 5.96. The number of halogens is 3. The minimum absolute atomic E-state index is 0.0638. The normalized spacial score (nSPS) is 18.2. The van der Waals surface area contributed by atoms with E-state index in [1.165, 1.54) is 0 Å². The van der Waals surface area contributed by atoms with Crippen molar-refractivity contribution in [3.63, 3.8) is 0 Å². The van der Waals surface area contributed by atoms with E-state index in [1.54, 1.807) is 22.7 Å². The van der Waals surface area contributed by atoms with Crippen LogP contribution in [0.25, 0.3) is 0 Å². The van der Waals surface area contributed by atoms with Gasteiger partial charge >= 0.3 is 12.1 Å². The number of amides is 1. The number of alkyl halides is 3. The lowest BCUT2D eigenvalue weighted by atomic mass is 9.97. The minimum atomic E-state index is -4.66. The maximum Gasteiger partial charge on any atom is 0.470 e. The summed E-state index contributed by atoms with van der Waals surface area (Å²) in [7, 11) is 0. The average molecular weight is 385 g/mol.